The molecule has 5 heteroatoms. The Morgan fingerprint density at radius 3 is 2.67 bits per heavy atom. The summed E-state index contributed by atoms with van der Waals surface area (Å²) in [6, 6.07) is 0. The molecule has 2 rings (SSSR count). The van der Waals surface area contributed by atoms with Crippen LogP contribution in [0.5, 0.6) is 0 Å². The summed E-state index contributed by atoms with van der Waals surface area (Å²) in [5, 5.41) is 12.7. The average Bonchev–Trinajstić information content (AvgIpc) is 2.70. The summed E-state index contributed by atoms with van der Waals surface area (Å²) >= 11 is 3.58. The normalized spacial score (nSPS) is 18.7. The highest BCUT2D eigenvalue weighted by atomic mass is 32.2. The lowest BCUT2D eigenvalue weighted by Gasteiger charge is -2.39. The molecule has 0 radical (unpaired) electrons. The number of hydrogen-bond donors (Lipinski definition) is 1. The molecule has 1 fully saturated rings. The molecular formula is C13H21NO2S2. The molecule has 1 aliphatic heterocycles. The van der Waals surface area contributed by atoms with Crippen molar-refractivity contribution < 1.29 is 9.84 Å². The molecule has 1 N–H and O–H groups in total. The summed E-state index contributed by atoms with van der Waals surface area (Å²) in [7, 11) is 0. The fourth-order valence-electron chi connectivity index (χ4n) is 1.69. The van der Waals surface area contributed by atoms with Crippen LogP contribution in [0.4, 0.5) is 0 Å². The van der Waals surface area contributed by atoms with Gasteiger partial charge in [0.1, 0.15) is 5.01 Å². The van der Waals surface area contributed by atoms with Crippen molar-refractivity contribution in [3.8, 4) is 0 Å². The number of nitrogens with zero attached hydrogens (tertiary/aromatic N) is 1. The zero-order valence-electron chi connectivity index (χ0n) is 11.2. The molecule has 0 aromatic carbocycles. The Balaban J connectivity index is 1.82. The van der Waals surface area contributed by atoms with Crippen LogP contribution in [0.25, 0.3) is 0 Å². The van der Waals surface area contributed by atoms with Gasteiger partial charge in [0.25, 0.3) is 0 Å². The Hall–Kier alpha value is -0.100. The molecule has 0 unspecified atom stereocenters. The van der Waals surface area contributed by atoms with Gasteiger partial charge >= 0.3 is 0 Å². The number of aliphatic hydroxyl groups excluding tert-OH is 1. The molecule has 1 aliphatic rings. The van der Waals surface area contributed by atoms with E-state index >= 15 is 0 Å². The summed E-state index contributed by atoms with van der Waals surface area (Å²) in [6.45, 7) is 8.18. The van der Waals surface area contributed by atoms with E-state index < -0.39 is 0 Å². The molecule has 102 valence electrons. The Morgan fingerprint density at radius 1 is 1.50 bits per heavy atom. The lowest BCUT2D eigenvalue weighted by Crippen LogP contribution is -2.47. The average molecular weight is 287 g/mol. The summed E-state index contributed by atoms with van der Waals surface area (Å²) in [5.41, 5.74) is 1.31. The van der Waals surface area contributed by atoms with E-state index in [4.69, 9.17) is 4.74 Å². The standard InChI is InChI=1S/C13H21NO2S2/c1-12(2,3)10-4-18-11(14-10)5-17-9-13(6-15)7-16-8-13/h4,15H,5-9H2,1-3H3. The fourth-order valence-corrected chi connectivity index (χ4v) is 4.05. The van der Waals surface area contributed by atoms with Gasteiger partial charge in [-0.1, -0.05) is 20.8 Å². The van der Waals surface area contributed by atoms with E-state index in [0.29, 0.717) is 13.2 Å². The quantitative estimate of drug-likeness (QED) is 0.904. The van der Waals surface area contributed by atoms with Gasteiger partial charge in [-0.15, -0.1) is 11.3 Å². The first kappa shape index (κ1) is 14.3. The number of rotatable bonds is 5. The minimum absolute atomic E-state index is 0.00871. The van der Waals surface area contributed by atoms with Gasteiger partial charge < -0.3 is 9.84 Å². The maximum absolute atomic E-state index is 9.34. The van der Waals surface area contributed by atoms with Gasteiger partial charge in [0.15, 0.2) is 0 Å². The lowest BCUT2D eigenvalue weighted by atomic mass is 9.90. The van der Waals surface area contributed by atoms with Crippen LogP contribution in [0.15, 0.2) is 5.38 Å². The highest BCUT2D eigenvalue weighted by Gasteiger charge is 2.37. The van der Waals surface area contributed by atoms with E-state index in [0.717, 1.165) is 11.5 Å². The molecule has 0 aliphatic carbocycles. The number of hydrogen-bond acceptors (Lipinski definition) is 5. The fraction of sp³-hybridized carbons (Fsp3) is 0.769. The second kappa shape index (κ2) is 5.49. The van der Waals surface area contributed by atoms with Crippen molar-refractivity contribution in [3.63, 3.8) is 0 Å². The SMILES string of the molecule is CC(C)(C)c1csc(CSCC2(CO)COC2)n1. The smallest absolute Gasteiger partial charge is 0.103 e. The first-order valence-corrected chi connectivity index (χ1v) is 8.20. The Kier molecular flexibility index (Phi) is 4.36. The molecule has 1 aromatic rings. The van der Waals surface area contributed by atoms with Crippen LogP contribution in [0.1, 0.15) is 31.5 Å². The maximum Gasteiger partial charge on any atom is 0.103 e. The molecule has 0 amide bonds. The summed E-state index contributed by atoms with van der Waals surface area (Å²) in [4.78, 5) is 4.67. The van der Waals surface area contributed by atoms with Gasteiger partial charge in [0, 0.05) is 27.7 Å². The van der Waals surface area contributed by atoms with E-state index in [1.807, 2.05) is 11.8 Å². The van der Waals surface area contributed by atoms with Crippen LogP contribution in [0.2, 0.25) is 0 Å². The third-order valence-corrected chi connectivity index (χ3v) is 5.43. The highest BCUT2D eigenvalue weighted by molar-refractivity contribution is 7.98. The molecular weight excluding hydrogens is 266 g/mol. The van der Waals surface area contributed by atoms with Gasteiger partial charge in [-0.25, -0.2) is 4.98 Å². The van der Waals surface area contributed by atoms with Crippen molar-refractivity contribution in [2.75, 3.05) is 25.6 Å². The van der Waals surface area contributed by atoms with E-state index in [-0.39, 0.29) is 17.4 Å². The number of thiazole rings is 1. The van der Waals surface area contributed by atoms with Gasteiger partial charge in [-0.05, 0) is 0 Å². The molecule has 2 heterocycles. The number of thioether (sulfide) groups is 1. The monoisotopic (exact) mass is 287 g/mol. The van der Waals surface area contributed by atoms with Crippen molar-refractivity contribution in [2.24, 2.45) is 5.41 Å². The van der Waals surface area contributed by atoms with Gasteiger partial charge in [-0.3, -0.25) is 0 Å². The number of ether oxygens (including phenoxy) is 1. The van der Waals surface area contributed by atoms with Crippen molar-refractivity contribution in [1.82, 2.24) is 4.98 Å². The van der Waals surface area contributed by atoms with Crippen LogP contribution in [-0.2, 0) is 15.9 Å². The van der Waals surface area contributed by atoms with Crippen molar-refractivity contribution >= 4 is 23.1 Å². The van der Waals surface area contributed by atoms with E-state index in [2.05, 4.69) is 31.1 Å². The second-order valence-electron chi connectivity index (χ2n) is 6.02. The minimum Gasteiger partial charge on any atom is -0.396 e. The van der Waals surface area contributed by atoms with Crippen molar-refractivity contribution in [1.29, 1.82) is 0 Å². The Morgan fingerprint density at radius 2 is 2.22 bits per heavy atom. The maximum atomic E-state index is 9.34. The molecule has 1 saturated heterocycles. The molecule has 0 bridgehead atoms. The first-order chi connectivity index (χ1) is 8.45. The summed E-state index contributed by atoms with van der Waals surface area (Å²) in [5.74, 6) is 1.89. The third kappa shape index (κ3) is 3.26. The number of aromatic nitrogens is 1. The van der Waals surface area contributed by atoms with Gasteiger partial charge in [-0.2, -0.15) is 11.8 Å². The lowest BCUT2D eigenvalue weighted by molar-refractivity contribution is -0.121. The van der Waals surface area contributed by atoms with Crippen molar-refractivity contribution in [2.45, 2.75) is 31.9 Å². The largest absolute Gasteiger partial charge is 0.396 e. The minimum atomic E-state index is 0.00871. The molecule has 0 spiro atoms. The zero-order valence-corrected chi connectivity index (χ0v) is 12.9. The Labute approximate surface area is 117 Å². The number of aliphatic hydroxyl groups is 1. The topological polar surface area (TPSA) is 42.4 Å². The molecule has 0 saturated carbocycles. The van der Waals surface area contributed by atoms with Crippen molar-refractivity contribution in [3.05, 3.63) is 16.1 Å². The van der Waals surface area contributed by atoms with Gasteiger partial charge in [0.05, 0.1) is 25.5 Å². The highest BCUT2D eigenvalue weighted by Crippen LogP contribution is 2.33. The van der Waals surface area contributed by atoms with Crippen LogP contribution >= 0.6 is 23.1 Å². The predicted octanol–water partition coefficient (Wildman–Crippen LogP) is 2.68. The molecule has 18 heavy (non-hydrogen) atoms. The zero-order chi connectivity index (χ0) is 13.2. The van der Waals surface area contributed by atoms with E-state index in [1.54, 1.807) is 11.3 Å². The summed E-state index contributed by atoms with van der Waals surface area (Å²) < 4.78 is 5.19. The van der Waals surface area contributed by atoms with Crippen LogP contribution < -0.4 is 0 Å². The molecule has 0 atom stereocenters. The first-order valence-electron chi connectivity index (χ1n) is 6.16. The molecule has 3 nitrogen and oxygen atoms in total. The van der Waals surface area contributed by atoms with E-state index in [1.165, 1.54) is 10.7 Å². The second-order valence-corrected chi connectivity index (χ2v) is 7.95. The van der Waals surface area contributed by atoms with E-state index in [9.17, 15) is 5.11 Å². The third-order valence-electron chi connectivity index (χ3n) is 3.11. The Bertz CT molecular complexity index is 388. The summed E-state index contributed by atoms with van der Waals surface area (Å²) in [6.07, 6.45) is 0. The van der Waals surface area contributed by atoms with Crippen LogP contribution in [-0.4, -0.2) is 35.7 Å². The molecule has 1 aromatic heterocycles. The predicted molar refractivity (Wildman–Crippen MR) is 77.3 cm³/mol. The van der Waals surface area contributed by atoms with Gasteiger partial charge in [0.2, 0.25) is 0 Å². The van der Waals surface area contributed by atoms with Crippen LogP contribution in [0, 0.1) is 5.41 Å². The van der Waals surface area contributed by atoms with Crippen LogP contribution in [0.3, 0.4) is 0 Å².